The van der Waals surface area contributed by atoms with Gasteiger partial charge in [-0.05, 0) is 49.0 Å². The van der Waals surface area contributed by atoms with Crippen LogP contribution < -0.4 is 10.2 Å². The van der Waals surface area contributed by atoms with Gasteiger partial charge in [-0.1, -0.05) is 52.1 Å². The standard InChI is InChI=1S/C19H19BrCl2N4OS/c1-2-4-18-24-25-19(28)26(18)23-10-12-9-13(20)7-8-17(12)27-11-14-15(21)5-3-6-16(14)22/h3,5-9,23H,2,4,10-11H2,1H3,(H,25,28). The Hall–Kier alpha value is -1.54. The lowest BCUT2D eigenvalue weighted by molar-refractivity contribution is 0.303. The molecular formula is C19H19BrCl2N4OS. The first-order chi connectivity index (χ1) is 13.5. The number of nitrogens with one attached hydrogen (secondary N) is 2. The zero-order valence-electron chi connectivity index (χ0n) is 15.1. The number of nitrogens with zero attached hydrogens (tertiary/aromatic N) is 2. The molecule has 2 N–H and O–H groups in total. The van der Waals surface area contributed by atoms with Gasteiger partial charge < -0.3 is 10.2 Å². The molecule has 148 valence electrons. The molecule has 0 aliphatic heterocycles. The number of hydrogen-bond donors (Lipinski definition) is 2. The van der Waals surface area contributed by atoms with Gasteiger partial charge in [0.1, 0.15) is 12.4 Å². The first-order valence-corrected chi connectivity index (χ1v) is 10.7. The van der Waals surface area contributed by atoms with Gasteiger partial charge in [-0.2, -0.15) is 5.10 Å². The number of aryl methyl sites for hydroxylation is 1. The maximum absolute atomic E-state index is 6.24. The number of ether oxygens (including phenoxy) is 1. The van der Waals surface area contributed by atoms with Gasteiger partial charge >= 0.3 is 0 Å². The van der Waals surface area contributed by atoms with Crippen LogP contribution in [-0.2, 0) is 19.6 Å². The van der Waals surface area contributed by atoms with Gasteiger partial charge in [-0.25, -0.2) is 4.68 Å². The Morgan fingerprint density at radius 2 is 2.00 bits per heavy atom. The molecular weight excluding hydrogens is 483 g/mol. The normalized spacial score (nSPS) is 10.9. The third-order valence-electron chi connectivity index (χ3n) is 4.10. The Balaban J connectivity index is 1.78. The van der Waals surface area contributed by atoms with E-state index < -0.39 is 0 Å². The molecule has 1 aromatic heterocycles. The summed E-state index contributed by atoms with van der Waals surface area (Å²) in [6.07, 6.45) is 1.80. The summed E-state index contributed by atoms with van der Waals surface area (Å²) in [6.45, 7) is 2.89. The predicted molar refractivity (Wildman–Crippen MR) is 119 cm³/mol. The van der Waals surface area contributed by atoms with Gasteiger partial charge in [-0.3, -0.25) is 5.10 Å². The predicted octanol–water partition coefficient (Wildman–Crippen LogP) is 6.29. The Morgan fingerprint density at radius 1 is 1.25 bits per heavy atom. The van der Waals surface area contributed by atoms with Crippen LogP contribution in [-0.4, -0.2) is 14.9 Å². The molecule has 0 bridgehead atoms. The molecule has 0 fully saturated rings. The summed E-state index contributed by atoms with van der Waals surface area (Å²) in [5.74, 6) is 1.60. The molecule has 0 atom stereocenters. The molecule has 0 unspecified atom stereocenters. The average Bonchev–Trinajstić information content (AvgIpc) is 3.01. The molecule has 0 amide bonds. The Morgan fingerprint density at radius 3 is 2.71 bits per heavy atom. The second kappa shape index (κ2) is 9.78. The van der Waals surface area contributed by atoms with Crippen molar-refractivity contribution in [3.05, 3.63) is 72.6 Å². The number of H-pyrrole nitrogens is 1. The zero-order valence-corrected chi connectivity index (χ0v) is 19.1. The highest BCUT2D eigenvalue weighted by Crippen LogP contribution is 2.28. The molecule has 0 aliphatic rings. The Bertz CT molecular complexity index is 1000. The number of rotatable bonds is 8. The second-order valence-electron chi connectivity index (χ2n) is 6.11. The summed E-state index contributed by atoms with van der Waals surface area (Å²) < 4.78 is 9.32. The van der Waals surface area contributed by atoms with E-state index in [4.69, 9.17) is 40.2 Å². The molecule has 3 rings (SSSR count). The second-order valence-corrected chi connectivity index (χ2v) is 8.22. The summed E-state index contributed by atoms with van der Waals surface area (Å²) >= 11 is 21.3. The molecule has 5 nitrogen and oxygen atoms in total. The molecule has 2 aromatic carbocycles. The first kappa shape index (κ1) is 21.2. The maximum Gasteiger partial charge on any atom is 0.214 e. The fraction of sp³-hybridized carbons (Fsp3) is 0.263. The van der Waals surface area contributed by atoms with Crippen LogP contribution in [0.5, 0.6) is 5.75 Å². The van der Waals surface area contributed by atoms with Crippen molar-refractivity contribution in [2.24, 2.45) is 0 Å². The van der Waals surface area contributed by atoms with E-state index in [2.05, 4.69) is 38.5 Å². The lowest BCUT2D eigenvalue weighted by Crippen LogP contribution is -2.18. The number of hydrogen-bond acceptors (Lipinski definition) is 4. The fourth-order valence-corrected chi connectivity index (χ4v) is 3.83. The van der Waals surface area contributed by atoms with Gasteiger partial charge in [0.15, 0.2) is 5.82 Å². The van der Waals surface area contributed by atoms with E-state index in [1.54, 1.807) is 16.8 Å². The maximum atomic E-state index is 6.24. The van der Waals surface area contributed by atoms with E-state index in [9.17, 15) is 0 Å². The number of halogens is 3. The van der Waals surface area contributed by atoms with Crippen molar-refractivity contribution in [2.75, 3.05) is 5.43 Å². The van der Waals surface area contributed by atoms with E-state index in [1.807, 2.05) is 24.3 Å². The first-order valence-electron chi connectivity index (χ1n) is 8.74. The SMILES string of the molecule is CCCc1n[nH]c(=S)n1NCc1cc(Br)ccc1OCc1c(Cl)cccc1Cl. The fourth-order valence-electron chi connectivity index (χ4n) is 2.70. The monoisotopic (exact) mass is 500 g/mol. The van der Waals surface area contributed by atoms with Crippen LogP contribution >= 0.6 is 51.3 Å². The van der Waals surface area contributed by atoms with E-state index in [0.29, 0.717) is 21.4 Å². The quantitative estimate of drug-likeness (QED) is 0.356. The smallest absolute Gasteiger partial charge is 0.214 e. The van der Waals surface area contributed by atoms with Crippen molar-refractivity contribution < 1.29 is 4.74 Å². The van der Waals surface area contributed by atoms with E-state index in [1.165, 1.54) is 0 Å². The van der Waals surface area contributed by atoms with Crippen LogP contribution in [0.25, 0.3) is 0 Å². The molecule has 9 heteroatoms. The highest BCUT2D eigenvalue weighted by molar-refractivity contribution is 9.10. The van der Waals surface area contributed by atoms with Gasteiger partial charge in [0, 0.05) is 32.1 Å². The molecule has 0 saturated heterocycles. The third kappa shape index (κ3) is 5.08. The van der Waals surface area contributed by atoms with Crippen LogP contribution in [0, 0.1) is 4.77 Å². The van der Waals surface area contributed by atoms with E-state index >= 15 is 0 Å². The van der Waals surface area contributed by atoms with Crippen molar-refractivity contribution in [1.29, 1.82) is 0 Å². The van der Waals surface area contributed by atoms with E-state index in [0.717, 1.165) is 40.0 Å². The van der Waals surface area contributed by atoms with Gasteiger partial charge in [0.2, 0.25) is 4.77 Å². The minimum absolute atomic E-state index is 0.277. The summed E-state index contributed by atoms with van der Waals surface area (Å²) in [6, 6.07) is 11.2. The highest BCUT2D eigenvalue weighted by atomic mass is 79.9. The lowest BCUT2D eigenvalue weighted by atomic mass is 10.2. The molecule has 0 aliphatic carbocycles. The van der Waals surface area contributed by atoms with Gasteiger partial charge in [0.05, 0.1) is 6.54 Å². The number of aromatic amines is 1. The molecule has 0 spiro atoms. The zero-order chi connectivity index (χ0) is 20.1. The minimum Gasteiger partial charge on any atom is -0.488 e. The summed E-state index contributed by atoms with van der Waals surface area (Å²) in [7, 11) is 0. The minimum atomic E-state index is 0.277. The molecule has 0 saturated carbocycles. The van der Waals surface area contributed by atoms with Gasteiger partial charge in [-0.15, -0.1) is 0 Å². The summed E-state index contributed by atoms with van der Waals surface area (Å²) in [5.41, 5.74) is 5.04. The largest absolute Gasteiger partial charge is 0.488 e. The van der Waals surface area contributed by atoms with Crippen LogP contribution in [0.2, 0.25) is 10.0 Å². The van der Waals surface area contributed by atoms with Crippen molar-refractivity contribution in [3.63, 3.8) is 0 Å². The number of aromatic nitrogens is 3. The highest BCUT2D eigenvalue weighted by Gasteiger charge is 2.11. The van der Waals surface area contributed by atoms with E-state index in [-0.39, 0.29) is 6.61 Å². The van der Waals surface area contributed by atoms with Crippen molar-refractivity contribution in [3.8, 4) is 5.75 Å². The van der Waals surface area contributed by atoms with Crippen molar-refractivity contribution in [1.82, 2.24) is 14.9 Å². The molecule has 0 radical (unpaired) electrons. The molecule has 28 heavy (non-hydrogen) atoms. The summed E-state index contributed by atoms with van der Waals surface area (Å²) in [5, 5.41) is 8.26. The molecule has 3 aromatic rings. The van der Waals surface area contributed by atoms with Crippen molar-refractivity contribution in [2.45, 2.75) is 32.9 Å². The van der Waals surface area contributed by atoms with Gasteiger partial charge in [0.25, 0.3) is 0 Å². The van der Waals surface area contributed by atoms with Crippen LogP contribution in [0.15, 0.2) is 40.9 Å². The number of benzene rings is 2. The van der Waals surface area contributed by atoms with Crippen molar-refractivity contribution >= 4 is 51.3 Å². The van der Waals surface area contributed by atoms with Crippen LogP contribution in [0.3, 0.4) is 0 Å². The lowest BCUT2D eigenvalue weighted by Gasteiger charge is -2.15. The topological polar surface area (TPSA) is 54.9 Å². The van der Waals surface area contributed by atoms with Crippen LogP contribution in [0.1, 0.15) is 30.3 Å². The average molecular weight is 502 g/mol. The summed E-state index contributed by atoms with van der Waals surface area (Å²) in [4.78, 5) is 0. The third-order valence-corrected chi connectivity index (χ3v) is 5.57. The van der Waals surface area contributed by atoms with Crippen LogP contribution in [0.4, 0.5) is 0 Å². The molecule has 1 heterocycles. The Labute approximate surface area is 187 Å². The Kier molecular flexibility index (Phi) is 7.40.